The molecule has 0 fully saturated rings. The smallest absolute Gasteiger partial charge is 0.227 e. The van der Waals surface area contributed by atoms with E-state index < -0.39 is 0 Å². The standard InChI is InChI=1S/C20H20N4O2S2/c1-13-6-7-16(28-13)14-12-18(23-22-14)21-19(25)8-9-20(26)24-10-11-27-17-5-3-2-4-15(17)24/h2-7,12H,8-11H2,1H3,(H2,21,22,23,25). The molecule has 4 rings (SSSR count). The van der Waals surface area contributed by atoms with Gasteiger partial charge in [0.25, 0.3) is 0 Å². The van der Waals surface area contributed by atoms with Crippen LogP contribution in [0.4, 0.5) is 11.5 Å². The molecular formula is C20H20N4O2S2. The first-order valence-corrected chi connectivity index (χ1v) is 10.8. The Morgan fingerprint density at radius 1 is 1.21 bits per heavy atom. The Morgan fingerprint density at radius 2 is 2.07 bits per heavy atom. The van der Waals surface area contributed by atoms with E-state index in [1.165, 1.54) is 4.88 Å². The van der Waals surface area contributed by atoms with Gasteiger partial charge >= 0.3 is 0 Å². The van der Waals surface area contributed by atoms with E-state index in [4.69, 9.17) is 0 Å². The van der Waals surface area contributed by atoms with E-state index >= 15 is 0 Å². The van der Waals surface area contributed by atoms with Crippen molar-refractivity contribution in [3.63, 3.8) is 0 Å². The van der Waals surface area contributed by atoms with Crippen LogP contribution < -0.4 is 10.2 Å². The molecule has 0 radical (unpaired) electrons. The number of carbonyl (C=O) groups excluding carboxylic acids is 2. The molecule has 0 unspecified atom stereocenters. The number of anilines is 2. The number of nitrogens with one attached hydrogen (secondary N) is 2. The lowest BCUT2D eigenvalue weighted by Gasteiger charge is -2.28. The number of aryl methyl sites for hydroxylation is 1. The van der Waals surface area contributed by atoms with Crippen LogP contribution >= 0.6 is 23.1 Å². The zero-order valence-corrected chi connectivity index (χ0v) is 17.0. The van der Waals surface area contributed by atoms with E-state index in [0.29, 0.717) is 12.4 Å². The SMILES string of the molecule is Cc1ccc(-c2cc(NC(=O)CCC(=O)N3CCSc4ccccc43)n[nH]2)s1. The summed E-state index contributed by atoms with van der Waals surface area (Å²) in [5.74, 6) is 1.10. The number of aromatic nitrogens is 2. The Balaban J connectivity index is 1.33. The molecule has 2 N–H and O–H groups in total. The molecule has 0 atom stereocenters. The van der Waals surface area contributed by atoms with Gasteiger partial charge in [-0.25, -0.2) is 0 Å². The first-order valence-electron chi connectivity index (χ1n) is 9.04. The van der Waals surface area contributed by atoms with Crippen molar-refractivity contribution in [1.29, 1.82) is 0 Å². The number of H-pyrrole nitrogens is 1. The highest BCUT2D eigenvalue weighted by molar-refractivity contribution is 7.99. The fourth-order valence-electron chi connectivity index (χ4n) is 3.08. The van der Waals surface area contributed by atoms with Crippen molar-refractivity contribution in [1.82, 2.24) is 10.2 Å². The van der Waals surface area contributed by atoms with Crippen LogP contribution in [0, 0.1) is 6.92 Å². The molecule has 0 saturated carbocycles. The lowest BCUT2D eigenvalue weighted by Crippen LogP contribution is -2.35. The number of rotatable bonds is 5. The van der Waals surface area contributed by atoms with Gasteiger partial charge in [-0.05, 0) is 31.2 Å². The predicted octanol–water partition coefficient (Wildman–Crippen LogP) is 4.30. The summed E-state index contributed by atoms with van der Waals surface area (Å²) >= 11 is 3.42. The number of aromatic amines is 1. The van der Waals surface area contributed by atoms with Gasteiger partial charge in [0.2, 0.25) is 11.8 Å². The number of fused-ring (bicyclic) bond motifs is 1. The van der Waals surface area contributed by atoms with Gasteiger partial charge in [-0.1, -0.05) is 12.1 Å². The molecule has 2 aromatic heterocycles. The van der Waals surface area contributed by atoms with Gasteiger partial charge in [0.05, 0.1) is 16.3 Å². The number of carbonyl (C=O) groups is 2. The molecule has 2 amide bonds. The Kier molecular flexibility index (Phi) is 5.50. The van der Waals surface area contributed by atoms with E-state index in [1.807, 2.05) is 49.4 Å². The van der Waals surface area contributed by atoms with Crippen molar-refractivity contribution in [2.75, 3.05) is 22.5 Å². The maximum absolute atomic E-state index is 12.6. The van der Waals surface area contributed by atoms with Crippen molar-refractivity contribution >= 4 is 46.4 Å². The molecule has 3 heterocycles. The van der Waals surface area contributed by atoms with Crippen molar-refractivity contribution in [3.05, 3.63) is 47.3 Å². The number of thioether (sulfide) groups is 1. The number of thiophene rings is 1. The summed E-state index contributed by atoms with van der Waals surface area (Å²) in [6, 6.07) is 13.8. The molecule has 8 heteroatoms. The predicted molar refractivity (Wildman–Crippen MR) is 114 cm³/mol. The third-order valence-electron chi connectivity index (χ3n) is 4.45. The second kappa shape index (κ2) is 8.20. The van der Waals surface area contributed by atoms with Crippen LogP contribution in [-0.2, 0) is 9.59 Å². The molecule has 0 bridgehead atoms. The summed E-state index contributed by atoms with van der Waals surface area (Å²) in [6.45, 7) is 2.72. The van der Waals surface area contributed by atoms with Crippen LogP contribution in [0.2, 0.25) is 0 Å². The molecule has 144 valence electrons. The summed E-state index contributed by atoms with van der Waals surface area (Å²) in [4.78, 5) is 30.1. The van der Waals surface area contributed by atoms with Gasteiger partial charge in [0.15, 0.2) is 5.82 Å². The molecular weight excluding hydrogens is 392 g/mol. The lowest BCUT2D eigenvalue weighted by atomic mass is 10.2. The average molecular weight is 413 g/mol. The summed E-state index contributed by atoms with van der Waals surface area (Å²) in [5.41, 5.74) is 1.80. The minimum absolute atomic E-state index is 0.0281. The fraction of sp³-hybridized carbons (Fsp3) is 0.250. The Bertz CT molecular complexity index is 1010. The van der Waals surface area contributed by atoms with Crippen molar-refractivity contribution in [3.8, 4) is 10.6 Å². The summed E-state index contributed by atoms with van der Waals surface area (Å²) in [6.07, 6.45) is 0.303. The molecule has 28 heavy (non-hydrogen) atoms. The first-order chi connectivity index (χ1) is 13.6. The molecule has 1 aliphatic rings. The van der Waals surface area contributed by atoms with Crippen molar-refractivity contribution in [2.24, 2.45) is 0 Å². The number of nitrogens with zero attached hydrogens (tertiary/aromatic N) is 2. The van der Waals surface area contributed by atoms with Crippen LogP contribution in [0.15, 0.2) is 47.4 Å². The van der Waals surface area contributed by atoms with Crippen LogP contribution in [0.5, 0.6) is 0 Å². The molecule has 0 saturated heterocycles. The van der Waals surface area contributed by atoms with Crippen molar-refractivity contribution < 1.29 is 9.59 Å². The monoisotopic (exact) mass is 412 g/mol. The highest BCUT2D eigenvalue weighted by Crippen LogP contribution is 2.34. The van der Waals surface area contributed by atoms with Gasteiger partial charge in [0, 0.05) is 41.0 Å². The topological polar surface area (TPSA) is 78.1 Å². The normalized spacial score (nSPS) is 13.2. The maximum atomic E-state index is 12.6. The lowest BCUT2D eigenvalue weighted by molar-refractivity contribution is -0.122. The van der Waals surface area contributed by atoms with Gasteiger partial charge in [-0.2, -0.15) is 5.10 Å². The van der Waals surface area contributed by atoms with Crippen LogP contribution in [0.3, 0.4) is 0 Å². The average Bonchev–Trinajstić information content (AvgIpc) is 3.34. The highest BCUT2D eigenvalue weighted by Gasteiger charge is 2.23. The minimum atomic E-state index is -0.214. The Labute approximate surface area is 171 Å². The Morgan fingerprint density at radius 3 is 2.89 bits per heavy atom. The number of para-hydroxylation sites is 1. The molecule has 1 aromatic carbocycles. The summed E-state index contributed by atoms with van der Waals surface area (Å²) in [7, 11) is 0. The second-order valence-electron chi connectivity index (χ2n) is 6.49. The molecule has 6 nitrogen and oxygen atoms in total. The van der Waals surface area contributed by atoms with Gasteiger partial charge in [0.1, 0.15) is 0 Å². The van der Waals surface area contributed by atoms with E-state index in [0.717, 1.165) is 26.9 Å². The fourth-order valence-corrected chi connectivity index (χ4v) is 4.91. The number of hydrogen-bond donors (Lipinski definition) is 2. The number of benzene rings is 1. The zero-order chi connectivity index (χ0) is 19.5. The minimum Gasteiger partial charge on any atom is -0.310 e. The van der Waals surface area contributed by atoms with Crippen LogP contribution in [-0.4, -0.2) is 34.3 Å². The zero-order valence-electron chi connectivity index (χ0n) is 15.4. The highest BCUT2D eigenvalue weighted by atomic mass is 32.2. The van der Waals surface area contributed by atoms with Crippen molar-refractivity contribution in [2.45, 2.75) is 24.7 Å². The van der Waals surface area contributed by atoms with E-state index in [9.17, 15) is 9.59 Å². The third-order valence-corrected chi connectivity index (χ3v) is 6.52. The Hall–Kier alpha value is -2.58. The van der Waals surface area contributed by atoms with E-state index in [2.05, 4.69) is 15.5 Å². The third kappa shape index (κ3) is 4.13. The first kappa shape index (κ1) is 18.8. The van der Waals surface area contributed by atoms with Gasteiger partial charge < -0.3 is 10.2 Å². The number of amides is 2. The molecule has 0 aliphatic carbocycles. The van der Waals surface area contributed by atoms with Crippen LogP contribution in [0.1, 0.15) is 17.7 Å². The second-order valence-corrected chi connectivity index (χ2v) is 8.91. The molecule has 1 aliphatic heterocycles. The summed E-state index contributed by atoms with van der Waals surface area (Å²) in [5, 5.41) is 9.84. The maximum Gasteiger partial charge on any atom is 0.227 e. The summed E-state index contributed by atoms with van der Waals surface area (Å²) < 4.78 is 0. The molecule has 3 aromatic rings. The van der Waals surface area contributed by atoms with E-state index in [-0.39, 0.29) is 24.7 Å². The van der Waals surface area contributed by atoms with E-state index in [1.54, 1.807) is 28.0 Å². The number of hydrogen-bond acceptors (Lipinski definition) is 5. The molecule has 0 spiro atoms. The van der Waals surface area contributed by atoms with Gasteiger partial charge in [-0.15, -0.1) is 23.1 Å². The quantitative estimate of drug-likeness (QED) is 0.655. The van der Waals surface area contributed by atoms with Gasteiger partial charge in [-0.3, -0.25) is 14.7 Å². The largest absolute Gasteiger partial charge is 0.310 e. The van der Waals surface area contributed by atoms with Crippen LogP contribution in [0.25, 0.3) is 10.6 Å².